The van der Waals surface area contributed by atoms with Gasteiger partial charge >= 0.3 is 0 Å². The Morgan fingerprint density at radius 1 is 1.13 bits per heavy atom. The summed E-state index contributed by atoms with van der Waals surface area (Å²) in [6.45, 7) is 7.74. The summed E-state index contributed by atoms with van der Waals surface area (Å²) in [7, 11) is -1.74. The van der Waals surface area contributed by atoms with E-state index in [2.05, 4.69) is 24.4 Å². The van der Waals surface area contributed by atoms with Gasteiger partial charge in [-0.2, -0.15) is 4.31 Å². The first-order valence-electron chi connectivity index (χ1n) is 10.4. The van der Waals surface area contributed by atoms with E-state index in [1.807, 2.05) is 31.0 Å². The zero-order valence-electron chi connectivity index (χ0n) is 18.6. The van der Waals surface area contributed by atoms with Crippen LogP contribution in [0.2, 0.25) is 0 Å². The number of carbonyl (C=O) groups is 1. The number of morpholine rings is 1. The second kappa shape index (κ2) is 9.91. The number of hydrogen-bond acceptors (Lipinski definition) is 5. The summed E-state index contributed by atoms with van der Waals surface area (Å²) in [6, 6.07) is 12.7. The molecule has 3 rings (SSSR count). The van der Waals surface area contributed by atoms with Gasteiger partial charge in [0.05, 0.1) is 24.2 Å². The van der Waals surface area contributed by atoms with Crippen LogP contribution < -0.4 is 5.32 Å². The number of rotatable bonds is 7. The van der Waals surface area contributed by atoms with Crippen LogP contribution in [0.3, 0.4) is 0 Å². The van der Waals surface area contributed by atoms with Crippen LogP contribution in [-0.2, 0) is 26.1 Å². The highest BCUT2D eigenvalue weighted by atomic mass is 32.2. The first kappa shape index (κ1) is 23.4. The van der Waals surface area contributed by atoms with Crippen molar-refractivity contribution in [1.29, 1.82) is 0 Å². The number of likely N-dealkylation sites (N-methyl/N-ethyl adjacent to an activating group) is 1. The van der Waals surface area contributed by atoms with Gasteiger partial charge in [-0.1, -0.05) is 30.3 Å². The van der Waals surface area contributed by atoms with Gasteiger partial charge in [0.25, 0.3) is 0 Å². The lowest BCUT2D eigenvalue weighted by atomic mass is 10.1. The molecular weight excluding hydrogens is 414 g/mol. The van der Waals surface area contributed by atoms with Gasteiger partial charge in [-0.15, -0.1) is 0 Å². The van der Waals surface area contributed by atoms with Crippen molar-refractivity contribution in [2.45, 2.75) is 38.3 Å². The molecule has 0 bridgehead atoms. The predicted octanol–water partition coefficient (Wildman–Crippen LogP) is 2.78. The fourth-order valence-corrected chi connectivity index (χ4v) is 5.18. The molecular formula is C23H31N3O4S. The summed E-state index contributed by atoms with van der Waals surface area (Å²) < 4.78 is 32.8. The second-order valence-electron chi connectivity index (χ2n) is 8.00. The smallest absolute Gasteiger partial charge is 0.243 e. The van der Waals surface area contributed by atoms with E-state index in [-0.39, 0.29) is 16.8 Å². The number of ether oxygens (including phenoxy) is 1. The predicted molar refractivity (Wildman–Crippen MR) is 121 cm³/mol. The fraction of sp³-hybridized carbons (Fsp3) is 0.435. The van der Waals surface area contributed by atoms with Crippen LogP contribution in [0.1, 0.15) is 23.6 Å². The molecule has 0 spiro atoms. The molecule has 1 saturated heterocycles. The Morgan fingerprint density at radius 3 is 2.48 bits per heavy atom. The highest BCUT2D eigenvalue weighted by molar-refractivity contribution is 7.89. The van der Waals surface area contributed by atoms with Crippen molar-refractivity contribution in [2.75, 3.05) is 38.7 Å². The van der Waals surface area contributed by atoms with E-state index in [0.29, 0.717) is 44.1 Å². The number of anilines is 1. The number of hydrogen-bond donors (Lipinski definition) is 1. The lowest BCUT2D eigenvalue weighted by molar-refractivity contribution is -0.120. The number of nitrogens with zero attached hydrogens (tertiary/aromatic N) is 2. The summed E-state index contributed by atoms with van der Waals surface area (Å²) in [4.78, 5) is 15.0. The van der Waals surface area contributed by atoms with Crippen LogP contribution in [0.4, 0.5) is 5.69 Å². The van der Waals surface area contributed by atoms with Gasteiger partial charge < -0.3 is 10.1 Å². The van der Waals surface area contributed by atoms with Gasteiger partial charge in [0.15, 0.2) is 0 Å². The van der Waals surface area contributed by atoms with Gasteiger partial charge in [0.2, 0.25) is 15.9 Å². The molecule has 0 aliphatic carbocycles. The summed E-state index contributed by atoms with van der Waals surface area (Å²) in [6.07, 6.45) is 0. The largest absolute Gasteiger partial charge is 0.379 e. The van der Waals surface area contributed by atoms with Crippen LogP contribution in [0.5, 0.6) is 0 Å². The molecule has 1 fully saturated rings. The Kier molecular flexibility index (Phi) is 7.48. The number of benzene rings is 2. The van der Waals surface area contributed by atoms with E-state index in [1.54, 1.807) is 25.1 Å². The Morgan fingerprint density at radius 2 is 1.81 bits per heavy atom. The number of amides is 1. The maximum atomic E-state index is 13.1. The number of aryl methyl sites for hydroxylation is 2. The maximum Gasteiger partial charge on any atom is 0.243 e. The fourth-order valence-electron chi connectivity index (χ4n) is 3.52. The molecule has 1 aliphatic heterocycles. The van der Waals surface area contributed by atoms with Crippen LogP contribution in [-0.4, -0.2) is 62.9 Å². The Hall–Kier alpha value is -2.26. The van der Waals surface area contributed by atoms with Crippen molar-refractivity contribution >= 4 is 21.6 Å². The lowest BCUT2D eigenvalue weighted by Gasteiger charge is -2.27. The normalized spacial score (nSPS) is 16.3. The maximum absolute atomic E-state index is 13.1. The summed E-state index contributed by atoms with van der Waals surface area (Å²) in [5.41, 5.74) is 3.46. The third-order valence-corrected chi connectivity index (χ3v) is 7.81. The number of nitrogens with one attached hydrogen (secondary N) is 1. The van der Waals surface area contributed by atoms with Crippen molar-refractivity contribution in [1.82, 2.24) is 9.21 Å². The molecule has 7 nitrogen and oxygen atoms in total. The second-order valence-corrected chi connectivity index (χ2v) is 9.91. The average Bonchev–Trinajstić information content (AvgIpc) is 2.76. The highest BCUT2D eigenvalue weighted by Crippen LogP contribution is 2.24. The van der Waals surface area contributed by atoms with Crippen molar-refractivity contribution in [3.05, 3.63) is 59.2 Å². The van der Waals surface area contributed by atoms with Crippen LogP contribution >= 0.6 is 0 Å². The van der Waals surface area contributed by atoms with Gasteiger partial charge in [0.1, 0.15) is 0 Å². The molecule has 31 heavy (non-hydrogen) atoms. The summed E-state index contributed by atoms with van der Waals surface area (Å²) in [5, 5.41) is 2.88. The molecule has 1 heterocycles. The molecule has 168 valence electrons. The Labute approximate surface area is 185 Å². The molecule has 1 N–H and O–H groups in total. The first-order chi connectivity index (χ1) is 14.7. The van der Waals surface area contributed by atoms with Gasteiger partial charge in [-0.3, -0.25) is 9.69 Å². The zero-order chi connectivity index (χ0) is 22.6. The zero-order valence-corrected chi connectivity index (χ0v) is 19.4. The molecule has 2 aromatic carbocycles. The molecule has 0 radical (unpaired) electrons. The summed E-state index contributed by atoms with van der Waals surface area (Å²) in [5.74, 6) is -0.186. The van der Waals surface area contributed by atoms with Crippen molar-refractivity contribution in [2.24, 2.45) is 0 Å². The van der Waals surface area contributed by atoms with Crippen LogP contribution in [0.15, 0.2) is 47.4 Å². The van der Waals surface area contributed by atoms with Gasteiger partial charge in [-0.05, 0) is 56.6 Å². The van der Waals surface area contributed by atoms with Gasteiger partial charge in [0, 0.05) is 25.3 Å². The highest BCUT2D eigenvalue weighted by Gasteiger charge is 2.28. The quantitative estimate of drug-likeness (QED) is 0.709. The van der Waals surface area contributed by atoms with Crippen molar-refractivity contribution in [3.8, 4) is 0 Å². The number of carbonyl (C=O) groups excluding carboxylic acids is 1. The molecule has 2 aromatic rings. The average molecular weight is 446 g/mol. The van der Waals surface area contributed by atoms with Crippen molar-refractivity contribution in [3.63, 3.8) is 0 Å². The molecule has 0 aromatic heterocycles. The molecule has 1 amide bonds. The molecule has 1 aliphatic rings. The van der Waals surface area contributed by atoms with E-state index in [0.717, 1.165) is 0 Å². The minimum absolute atomic E-state index is 0.186. The van der Waals surface area contributed by atoms with E-state index < -0.39 is 10.0 Å². The van der Waals surface area contributed by atoms with E-state index >= 15 is 0 Å². The van der Waals surface area contributed by atoms with Gasteiger partial charge in [-0.25, -0.2) is 8.42 Å². The molecule has 8 heteroatoms. The first-order valence-corrected chi connectivity index (χ1v) is 11.9. The monoisotopic (exact) mass is 445 g/mol. The molecule has 1 unspecified atom stereocenters. The lowest BCUT2D eigenvalue weighted by Crippen LogP contribution is -2.41. The van der Waals surface area contributed by atoms with E-state index in [9.17, 15) is 13.2 Å². The van der Waals surface area contributed by atoms with Crippen molar-refractivity contribution < 1.29 is 17.9 Å². The standard InChI is InChI=1S/C23H31N3O4S/c1-17-7-5-6-8-20(17)16-25(4)19(3)23(27)24-21-10-9-18(2)22(15-21)31(28,29)26-11-13-30-14-12-26/h5-10,15,19H,11-14,16H2,1-4H3,(H,24,27). The minimum Gasteiger partial charge on any atom is -0.379 e. The SMILES string of the molecule is Cc1ccccc1CN(C)C(C)C(=O)Nc1ccc(C)c(S(=O)(=O)N2CCOCC2)c1. The number of sulfonamides is 1. The topological polar surface area (TPSA) is 79.0 Å². The van der Waals surface area contributed by atoms with E-state index in [4.69, 9.17) is 4.74 Å². The minimum atomic E-state index is -3.64. The Bertz CT molecular complexity index is 1030. The molecule has 1 atom stereocenters. The summed E-state index contributed by atoms with van der Waals surface area (Å²) >= 11 is 0. The van der Waals surface area contributed by atoms with E-state index in [1.165, 1.54) is 15.4 Å². The third-order valence-electron chi connectivity index (χ3n) is 5.77. The Balaban J connectivity index is 1.72. The van der Waals surface area contributed by atoms with Crippen LogP contribution in [0, 0.1) is 13.8 Å². The molecule has 0 saturated carbocycles. The van der Waals surface area contributed by atoms with Crippen LogP contribution in [0.25, 0.3) is 0 Å². The third kappa shape index (κ3) is 5.51.